The van der Waals surface area contributed by atoms with E-state index in [1.54, 1.807) is 42.2 Å². The molecule has 1 fully saturated rings. The topological polar surface area (TPSA) is 124 Å². The zero-order chi connectivity index (χ0) is 32.4. The smallest absolute Gasteiger partial charge is 0.267 e. The highest BCUT2D eigenvalue weighted by Crippen LogP contribution is 2.43. The van der Waals surface area contributed by atoms with Crippen LogP contribution in [0.3, 0.4) is 0 Å². The van der Waals surface area contributed by atoms with E-state index in [1.165, 1.54) is 6.08 Å². The molecule has 0 spiro atoms. The van der Waals surface area contributed by atoms with Gasteiger partial charge in [-0.25, -0.2) is 18.4 Å². The molecular formula is C33H44FN5O4S. The molecule has 4 rings (SSSR count). The van der Waals surface area contributed by atoms with Crippen molar-refractivity contribution in [2.24, 2.45) is 5.41 Å². The normalized spacial score (nSPS) is 23.3. The van der Waals surface area contributed by atoms with E-state index in [0.29, 0.717) is 42.5 Å². The van der Waals surface area contributed by atoms with Crippen LogP contribution in [0.1, 0.15) is 86.6 Å². The van der Waals surface area contributed by atoms with Crippen molar-refractivity contribution in [1.82, 2.24) is 25.1 Å². The molecule has 1 unspecified atom stereocenters. The van der Waals surface area contributed by atoms with Crippen molar-refractivity contribution in [3.8, 4) is 0 Å². The van der Waals surface area contributed by atoms with E-state index in [2.05, 4.69) is 20.2 Å². The number of hydrogen-bond donors (Lipinski definition) is 3. The molecule has 1 aromatic heterocycles. The van der Waals surface area contributed by atoms with Gasteiger partial charge in [0.2, 0.25) is 5.91 Å². The molecule has 2 aliphatic rings. The van der Waals surface area contributed by atoms with E-state index < -0.39 is 27.1 Å². The molecule has 11 heteroatoms. The summed E-state index contributed by atoms with van der Waals surface area (Å²) in [5, 5.41) is 9.19. The summed E-state index contributed by atoms with van der Waals surface area (Å²) in [5.41, 5.74) is 2.58. The van der Waals surface area contributed by atoms with Crippen LogP contribution in [0.2, 0.25) is 0 Å². The second kappa shape index (κ2) is 13.3. The highest BCUT2D eigenvalue weighted by Gasteiger charge is 2.48. The van der Waals surface area contributed by atoms with Crippen molar-refractivity contribution in [3.63, 3.8) is 0 Å². The van der Waals surface area contributed by atoms with Crippen LogP contribution in [-0.4, -0.2) is 60.5 Å². The van der Waals surface area contributed by atoms with Gasteiger partial charge in [-0.15, -0.1) is 0 Å². The highest BCUT2D eigenvalue weighted by molar-refractivity contribution is 7.84. The minimum atomic E-state index is -1.34. The fourth-order valence-corrected chi connectivity index (χ4v) is 6.97. The predicted molar refractivity (Wildman–Crippen MR) is 171 cm³/mol. The molecule has 1 saturated heterocycles. The first kappa shape index (κ1) is 33.5. The lowest BCUT2D eigenvalue weighted by atomic mass is 9.75. The predicted octanol–water partition coefficient (Wildman–Crippen LogP) is 4.33. The van der Waals surface area contributed by atoms with Crippen molar-refractivity contribution in [2.75, 3.05) is 6.54 Å². The second-order valence-electron chi connectivity index (χ2n) is 13.3. The summed E-state index contributed by atoms with van der Waals surface area (Å²) >= 11 is 0. The molecule has 2 heterocycles. The van der Waals surface area contributed by atoms with Gasteiger partial charge in [0.1, 0.15) is 5.83 Å². The lowest BCUT2D eigenvalue weighted by molar-refractivity contribution is -0.135. The number of halogens is 1. The molecule has 5 atom stereocenters. The van der Waals surface area contributed by atoms with Crippen LogP contribution in [0.15, 0.2) is 53.1 Å². The van der Waals surface area contributed by atoms with Crippen LogP contribution in [-0.2, 0) is 22.2 Å². The molecule has 0 saturated carbocycles. The van der Waals surface area contributed by atoms with Crippen molar-refractivity contribution >= 4 is 22.8 Å². The monoisotopic (exact) mass is 625 g/mol. The number of benzene rings is 1. The van der Waals surface area contributed by atoms with E-state index in [1.807, 2.05) is 47.6 Å². The quantitative estimate of drug-likeness (QED) is 0.383. The fraction of sp³-hybridized carbons (Fsp3) is 0.515. The zero-order valence-electron chi connectivity index (χ0n) is 26.6. The fourth-order valence-electron chi connectivity index (χ4n) is 6.12. The third-order valence-corrected chi connectivity index (χ3v) is 10.3. The van der Waals surface area contributed by atoms with Gasteiger partial charge in [0.05, 0.1) is 28.0 Å². The van der Waals surface area contributed by atoms with E-state index in [-0.39, 0.29) is 42.0 Å². The summed E-state index contributed by atoms with van der Waals surface area (Å²) in [7, 11) is -1.34. The molecule has 1 aromatic carbocycles. The third-order valence-electron chi connectivity index (χ3n) is 8.60. The number of nitrogens with one attached hydrogen (secondary N) is 3. The van der Waals surface area contributed by atoms with E-state index in [0.717, 1.165) is 11.1 Å². The van der Waals surface area contributed by atoms with E-state index in [9.17, 15) is 23.0 Å². The molecule has 238 valence electrons. The van der Waals surface area contributed by atoms with Crippen LogP contribution in [0.25, 0.3) is 0 Å². The van der Waals surface area contributed by atoms with Crippen molar-refractivity contribution in [2.45, 2.75) is 97.0 Å². The number of likely N-dealkylation sites (tertiary alicyclic amines) is 1. The Hall–Kier alpha value is -3.44. The first-order chi connectivity index (χ1) is 20.6. The number of carbonyl (C=O) groups is 2. The lowest BCUT2D eigenvalue weighted by Gasteiger charge is -2.42. The highest BCUT2D eigenvalue weighted by atomic mass is 32.2. The molecule has 2 aromatic rings. The molecule has 0 radical (unpaired) electrons. The number of rotatable bonds is 9. The number of allylic oxidation sites excluding steroid dienone is 3. The van der Waals surface area contributed by atoms with Gasteiger partial charge in [-0.05, 0) is 102 Å². The summed E-state index contributed by atoms with van der Waals surface area (Å²) in [6.07, 6.45) is 7.14. The summed E-state index contributed by atoms with van der Waals surface area (Å²) in [6.45, 7) is 13.0. The van der Waals surface area contributed by atoms with Gasteiger partial charge in [0.15, 0.2) is 0 Å². The molecular weight excluding hydrogens is 581 g/mol. The average Bonchev–Trinajstić information content (AvgIpc) is 3.40. The van der Waals surface area contributed by atoms with Gasteiger partial charge >= 0.3 is 0 Å². The first-order valence-electron chi connectivity index (χ1n) is 15.1. The second-order valence-corrected chi connectivity index (χ2v) is 15.3. The largest absolute Gasteiger partial charge is 0.343 e. The van der Waals surface area contributed by atoms with Crippen LogP contribution < -0.4 is 15.6 Å². The van der Waals surface area contributed by atoms with Gasteiger partial charge in [-0.2, -0.15) is 5.10 Å². The Balaban J connectivity index is 1.50. The van der Waals surface area contributed by atoms with Gasteiger partial charge in [-0.3, -0.25) is 14.4 Å². The standard InChI is InChI=1S/C33H44FN5O4S/c1-20-15-24(11-10-23(20)17-25-16-21(2)36-37-31(25)42)30(41)35-19-29(40)39-27(22(3)38-44(43)32(4,5)6)12-13-28(39)33(7)14-8-9-26(34)18-33/h8-11,15-16,18,22,27-28,38H,12-14,17,19H2,1-7H3,(H,35,41)(H,37,42)/t22-,27+,28-,33?,44+/m0/s1. The maximum atomic E-state index is 14.4. The van der Waals surface area contributed by atoms with Crippen molar-refractivity contribution in [1.29, 1.82) is 0 Å². The number of H-pyrrole nitrogens is 1. The van der Waals surface area contributed by atoms with E-state index in [4.69, 9.17) is 0 Å². The number of nitrogens with zero attached hydrogens (tertiary/aromatic N) is 2. The van der Waals surface area contributed by atoms with E-state index >= 15 is 0 Å². The molecule has 0 bridgehead atoms. The number of carbonyl (C=O) groups excluding carboxylic acids is 2. The summed E-state index contributed by atoms with van der Waals surface area (Å²) < 4.78 is 30.0. The van der Waals surface area contributed by atoms with Gasteiger partial charge in [0, 0.05) is 41.1 Å². The van der Waals surface area contributed by atoms with Crippen molar-refractivity contribution < 1.29 is 18.2 Å². The maximum Gasteiger partial charge on any atom is 0.267 e. The van der Waals surface area contributed by atoms with Gasteiger partial charge < -0.3 is 10.2 Å². The third kappa shape index (κ3) is 7.61. The Morgan fingerprint density at radius 3 is 2.59 bits per heavy atom. The molecule has 3 N–H and O–H groups in total. The summed E-state index contributed by atoms with van der Waals surface area (Å²) in [5.74, 6) is -0.993. The van der Waals surface area contributed by atoms with Gasteiger partial charge in [-0.1, -0.05) is 19.1 Å². The SMILES string of the molecule is Cc1cc(Cc2ccc(C(=O)NCC(=O)N3[C@@H]([C@H](C)N[S@](=O)C(C)(C)C)CC[C@H]3C3(C)C=C(F)C=CC3)cc2C)c(=O)[nH]n1. The molecule has 1 aliphatic carbocycles. The molecule has 44 heavy (non-hydrogen) atoms. The average molecular weight is 626 g/mol. The van der Waals surface area contributed by atoms with Crippen LogP contribution in [0.4, 0.5) is 4.39 Å². The molecule has 9 nitrogen and oxygen atoms in total. The minimum Gasteiger partial charge on any atom is -0.343 e. The minimum absolute atomic E-state index is 0.231. The number of aromatic amines is 1. The number of amides is 2. The number of hydrogen-bond acceptors (Lipinski definition) is 5. The number of aromatic nitrogens is 2. The Morgan fingerprint density at radius 2 is 1.93 bits per heavy atom. The molecule has 1 aliphatic heterocycles. The van der Waals surface area contributed by atoms with Crippen molar-refractivity contribution in [3.05, 3.63) is 86.6 Å². The Morgan fingerprint density at radius 1 is 1.20 bits per heavy atom. The lowest BCUT2D eigenvalue weighted by Crippen LogP contribution is -2.56. The Kier molecular flexibility index (Phi) is 10.1. The van der Waals surface area contributed by atoms with Crippen LogP contribution in [0, 0.1) is 19.3 Å². The van der Waals surface area contributed by atoms with Crippen LogP contribution >= 0.6 is 0 Å². The Bertz CT molecular complexity index is 1560. The summed E-state index contributed by atoms with van der Waals surface area (Å²) in [6, 6.07) is 6.13. The number of aryl methyl sites for hydroxylation is 2. The Labute approximate surface area is 261 Å². The summed E-state index contributed by atoms with van der Waals surface area (Å²) in [4.78, 5) is 41.0. The maximum absolute atomic E-state index is 14.4. The first-order valence-corrected chi connectivity index (χ1v) is 16.2. The van der Waals surface area contributed by atoms with Gasteiger partial charge in [0.25, 0.3) is 11.5 Å². The zero-order valence-corrected chi connectivity index (χ0v) is 27.4. The van der Waals surface area contributed by atoms with Crippen LogP contribution in [0.5, 0.6) is 0 Å². The molecule has 2 amide bonds.